The van der Waals surface area contributed by atoms with E-state index in [4.69, 9.17) is 10.6 Å². The third-order valence-corrected chi connectivity index (χ3v) is 4.12. The van der Waals surface area contributed by atoms with Crippen LogP contribution >= 0.6 is 0 Å². The first kappa shape index (κ1) is 16.8. The van der Waals surface area contributed by atoms with Gasteiger partial charge in [0.05, 0.1) is 19.0 Å². The molecule has 0 aromatic carbocycles. The van der Waals surface area contributed by atoms with Crippen molar-refractivity contribution in [2.45, 2.75) is 31.7 Å². The Bertz CT molecular complexity index is 503. The van der Waals surface area contributed by atoms with Gasteiger partial charge in [0.25, 0.3) is 0 Å². The molecule has 8 nitrogen and oxygen atoms in total. The van der Waals surface area contributed by atoms with Crippen LogP contribution in [-0.2, 0) is 14.8 Å². The van der Waals surface area contributed by atoms with Gasteiger partial charge in [0, 0.05) is 12.6 Å². The van der Waals surface area contributed by atoms with Crippen LogP contribution in [0.1, 0.15) is 20.8 Å². The number of nitrogen functional groups attached to an aromatic ring is 1. The standard InChI is InChI=1S/C11H21N5O3S/c1-4-19-7-10(8(2)3)16-20(17,18)9-5-13-11(15-12)14-6-9/h5-6,8,10,16H,4,7,12H2,1-3H3,(H,13,14,15). The van der Waals surface area contributed by atoms with Gasteiger partial charge in [0.1, 0.15) is 4.90 Å². The van der Waals surface area contributed by atoms with Gasteiger partial charge in [-0.3, -0.25) is 5.43 Å². The van der Waals surface area contributed by atoms with Crippen LogP contribution in [0.25, 0.3) is 0 Å². The lowest BCUT2D eigenvalue weighted by atomic mass is 10.1. The second-order valence-corrected chi connectivity index (χ2v) is 6.23. The van der Waals surface area contributed by atoms with Crippen LogP contribution in [0.5, 0.6) is 0 Å². The highest BCUT2D eigenvalue weighted by Gasteiger charge is 2.23. The first-order chi connectivity index (χ1) is 9.40. The number of aromatic nitrogens is 2. The van der Waals surface area contributed by atoms with Crippen molar-refractivity contribution in [3.05, 3.63) is 12.4 Å². The molecule has 1 aromatic heterocycles. The number of ether oxygens (including phenoxy) is 1. The van der Waals surface area contributed by atoms with Crippen molar-refractivity contribution in [1.82, 2.24) is 14.7 Å². The normalized spacial score (nSPS) is 13.4. The molecule has 0 radical (unpaired) electrons. The van der Waals surface area contributed by atoms with E-state index >= 15 is 0 Å². The van der Waals surface area contributed by atoms with Crippen molar-refractivity contribution in [3.63, 3.8) is 0 Å². The van der Waals surface area contributed by atoms with E-state index in [1.807, 2.05) is 20.8 Å². The number of hydrogen-bond donors (Lipinski definition) is 3. The van der Waals surface area contributed by atoms with E-state index in [0.717, 1.165) is 0 Å². The molecule has 114 valence electrons. The first-order valence-electron chi connectivity index (χ1n) is 6.29. The van der Waals surface area contributed by atoms with Crippen LogP contribution in [0.2, 0.25) is 0 Å². The highest BCUT2D eigenvalue weighted by atomic mass is 32.2. The fourth-order valence-corrected chi connectivity index (χ4v) is 2.66. The molecule has 0 saturated carbocycles. The average molecular weight is 303 g/mol. The van der Waals surface area contributed by atoms with Gasteiger partial charge >= 0.3 is 0 Å². The van der Waals surface area contributed by atoms with Gasteiger partial charge in [0.2, 0.25) is 16.0 Å². The predicted octanol–water partition coefficient (Wildman–Crippen LogP) is 0.102. The molecule has 0 amide bonds. The van der Waals surface area contributed by atoms with Gasteiger partial charge in [-0.1, -0.05) is 13.8 Å². The zero-order valence-electron chi connectivity index (χ0n) is 11.8. The molecule has 4 N–H and O–H groups in total. The highest BCUT2D eigenvalue weighted by molar-refractivity contribution is 7.89. The third-order valence-electron chi connectivity index (χ3n) is 2.68. The largest absolute Gasteiger partial charge is 0.380 e. The number of hydrazine groups is 1. The first-order valence-corrected chi connectivity index (χ1v) is 7.77. The lowest BCUT2D eigenvalue weighted by Gasteiger charge is -2.21. The van der Waals surface area contributed by atoms with E-state index in [0.29, 0.717) is 13.2 Å². The molecule has 0 aliphatic rings. The van der Waals surface area contributed by atoms with Crippen LogP contribution < -0.4 is 16.0 Å². The molecule has 0 spiro atoms. The summed E-state index contributed by atoms with van der Waals surface area (Å²) in [6, 6.07) is -0.313. The number of sulfonamides is 1. The van der Waals surface area contributed by atoms with Crippen LogP contribution in [0, 0.1) is 5.92 Å². The second-order valence-electron chi connectivity index (χ2n) is 4.52. The van der Waals surface area contributed by atoms with Crippen LogP contribution in [0.4, 0.5) is 5.95 Å². The van der Waals surface area contributed by atoms with Gasteiger partial charge < -0.3 is 4.74 Å². The molecule has 20 heavy (non-hydrogen) atoms. The lowest BCUT2D eigenvalue weighted by Crippen LogP contribution is -2.41. The number of rotatable bonds is 8. The molecule has 1 rings (SSSR count). The predicted molar refractivity (Wildman–Crippen MR) is 75.3 cm³/mol. The van der Waals surface area contributed by atoms with Crippen LogP contribution in [-0.4, -0.2) is 37.6 Å². The van der Waals surface area contributed by atoms with E-state index < -0.39 is 10.0 Å². The molecule has 1 atom stereocenters. The molecular formula is C11H21N5O3S. The van der Waals surface area contributed by atoms with Crippen LogP contribution in [0.3, 0.4) is 0 Å². The van der Waals surface area contributed by atoms with Gasteiger partial charge in [-0.15, -0.1) is 0 Å². The van der Waals surface area contributed by atoms with Crippen LogP contribution in [0.15, 0.2) is 17.3 Å². The SMILES string of the molecule is CCOCC(NS(=O)(=O)c1cnc(NN)nc1)C(C)C. The molecule has 0 aliphatic heterocycles. The summed E-state index contributed by atoms with van der Waals surface area (Å²) in [6.07, 6.45) is 2.39. The Morgan fingerprint density at radius 1 is 1.35 bits per heavy atom. The maximum absolute atomic E-state index is 12.2. The fraction of sp³-hybridized carbons (Fsp3) is 0.636. The summed E-state index contributed by atoms with van der Waals surface area (Å²) in [6.45, 7) is 6.55. The fourth-order valence-electron chi connectivity index (χ4n) is 1.40. The van der Waals surface area contributed by atoms with Crippen molar-refractivity contribution >= 4 is 16.0 Å². The lowest BCUT2D eigenvalue weighted by molar-refractivity contribution is 0.116. The van der Waals surface area contributed by atoms with Gasteiger partial charge in [0.15, 0.2) is 0 Å². The summed E-state index contributed by atoms with van der Waals surface area (Å²) < 4.78 is 32.3. The number of nitrogens with one attached hydrogen (secondary N) is 2. The van der Waals surface area contributed by atoms with Gasteiger partial charge in [-0.2, -0.15) is 0 Å². The van der Waals surface area contributed by atoms with E-state index in [-0.39, 0.29) is 22.8 Å². The van der Waals surface area contributed by atoms with Crippen molar-refractivity contribution in [2.75, 3.05) is 18.6 Å². The van der Waals surface area contributed by atoms with E-state index in [1.165, 1.54) is 12.4 Å². The number of hydrogen-bond acceptors (Lipinski definition) is 7. The van der Waals surface area contributed by atoms with Crippen molar-refractivity contribution in [2.24, 2.45) is 11.8 Å². The monoisotopic (exact) mass is 303 g/mol. The molecule has 0 bridgehead atoms. The Morgan fingerprint density at radius 2 is 1.95 bits per heavy atom. The third kappa shape index (κ3) is 4.67. The number of nitrogens with two attached hydrogens (primary N) is 1. The van der Waals surface area contributed by atoms with Crippen molar-refractivity contribution in [3.8, 4) is 0 Å². The molecule has 0 aliphatic carbocycles. The van der Waals surface area contributed by atoms with Crippen molar-refractivity contribution < 1.29 is 13.2 Å². The average Bonchev–Trinajstić information content (AvgIpc) is 2.43. The zero-order valence-corrected chi connectivity index (χ0v) is 12.6. The summed E-state index contributed by atoms with van der Waals surface area (Å²) in [7, 11) is -3.68. The Morgan fingerprint density at radius 3 is 2.40 bits per heavy atom. The number of anilines is 1. The highest BCUT2D eigenvalue weighted by Crippen LogP contribution is 2.11. The quantitative estimate of drug-likeness (QED) is 0.460. The molecule has 1 heterocycles. The molecule has 0 fully saturated rings. The Balaban J connectivity index is 2.85. The summed E-state index contributed by atoms with van der Waals surface area (Å²) in [5, 5.41) is 0. The minimum atomic E-state index is -3.68. The molecule has 9 heteroatoms. The van der Waals surface area contributed by atoms with Gasteiger partial charge in [-0.25, -0.2) is 29.0 Å². The number of nitrogens with zero attached hydrogens (tertiary/aromatic N) is 2. The van der Waals surface area contributed by atoms with E-state index in [2.05, 4.69) is 20.1 Å². The summed E-state index contributed by atoms with van der Waals surface area (Å²) in [5.74, 6) is 5.38. The second kappa shape index (κ2) is 7.48. The Hall–Kier alpha value is -1.29. The summed E-state index contributed by atoms with van der Waals surface area (Å²) >= 11 is 0. The topological polar surface area (TPSA) is 119 Å². The minimum Gasteiger partial charge on any atom is -0.380 e. The Labute approximate surface area is 119 Å². The molecular weight excluding hydrogens is 282 g/mol. The van der Waals surface area contributed by atoms with Gasteiger partial charge in [-0.05, 0) is 12.8 Å². The van der Waals surface area contributed by atoms with E-state index in [9.17, 15) is 8.42 Å². The summed E-state index contributed by atoms with van der Waals surface area (Å²) in [5.41, 5.74) is 2.24. The maximum atomic E-state index is 12.2. The van der Waals surface area contributed by atoms with Crippen molar-refractivity contribution in [1.29, 1.82) is 0 Å². The smallest absolute Gasteiger partial charge is 0.243 e. The summed E-state index contributed by atoms with van der Waals surface area (Å²) in [4.78, 5) is 7.55. The minimum absolute atomic E-state index is 0.0151. The molecule has 1 unspecified atom stereocenters. The molecule has 0 saturated heterocycles. The molecule has 1 aromatic rings. The van der Waals surface area contributed by atoms with E-state index in [1.54, 1.807) is 0 Å². The maximum Gasteiger partial charge on any atom is 0.243 e. The Kier molecular flexibility index (Phi) is 6.27. The zero-order chi connectivity index (χ0) is 15.2.